The van der Waals surface area contributed by atoms with Crippen molar-refractivity contribution in [1.82, 2.24) is 14.9 Å². The number of rotatable bonds is 3. The molecule has 0 unspecified atom stereocenters. The Kier molecular flexibility index (Phi) is 3.70. The van der Waals surface area contributed by atoms with Crippen molar-refractivity contribution in [3.8, 4) is 5.75 Å². The van der Waals surface area contributed by atoms with Crippen molar-refractivity contribution in [2.75, 3.05) is 7.05 Å². The number of fused-ring (bicyclic) bond motifs is 1. The molecular weight excluding hydrogens is 278 g/mol. The van der Waals surface area contributed by atoms with E-state index in [1.165, 1.54) is 4.90 Å². The van der Waals surface area contributed by atoms with E-state index in [1.807, 2.05) is 30.3 Å². The summed E-state index contributed by atoms with van der Waals surface area (Å²) in [4.78, 5) is 22.2. The number of carbonyl (C=O) groups excluding carboxylic acids is 1. The lowest BCUT2D eigenvalue weighted by molar-refractivity contribution is 0.0776. The maximum absolute atomic E-state index is 12.5. The highest BCUT2D eigenvalue weighted by molar-refractivity contribution is 6.00. The average Bonchev–Trinajstić information content (AvgIpc) is 2.56. The lowest BCUT2D eigenvalue weighted by Gasteiger charge is -2.17. The van der Waals surface area contributed by atoms with Crippen LogP contribution in [0, 0.1) is 0 Å². The fraction of sp³-hybridized carbons (Fsp3) is 0.118. The standard InChI is InChI=1S/C17H15N3O2/c1-20(11-12-6-3-2-4-7-12)17(22)15-16(21)14-13(10-19-15)8-5-9-18-14/h2-10,21H,11H2,1H3. The lowest BCUT2D eigenvalue weighted by Crippen LogP contribution is -2.27. The van der Waals surface area contributed by atoms with E-state index in [0.717, 1.165) is 5.56 Å². The molecule has 5 nitrogen and oxygen atoms in total. The molecule has 2 heterocycles. The first-order valence-electron chi connectivity index (χ1n) is 6.89. The molecule has 3 aromatic rings. The largest absolute Gasteiger partial charge is 0.504 e. The minimum absolute atomic E-state index is 0.0182. The summed E-state index contributed by atoms with van der Waals surface area (Å²) in [5.74, 6) is -0.517. The van der Waals surface area contributed by atoms with Crippen LogP contribution in [-0.4, -0.2) is 32.9 Å². The number of hydrogen-bond donors (Lipinski definition) is 1. The number of amides is 1. The van der Waals surface area contributed by atoms with Gasteiger partial charge in [0.05, 0.1) is 0 Å². The van der Waals surface area contributed by atoms with Gasteiger partial charge in [-0.15, -0.1) is 0 Å². The van der Waals surface area contributed by atoms with Crippen LogP contribution in [0.1, 0.15) is 16.1 Å². The van der Waals surface area contributed by atoms with E-state index in [4.69, 9.17) is 0 Å². The van der Waals surface area contributed by atoms with Crippen LogP contribution in [0.25, 0.3) is 10.9 Å². The zero-order chi connectivity index (χ0) is 15.5. The predicted octanol–water partition coefficient (Wildman–Crippen LogP) is 2.61. The smallest absolute Gasteiger partial charge is 0.276 e. The monoisotopic (exact) mass is 293 g/mol. The molecule has 1 aromatic carbocycles. The Morgan fingerprint density at radius 1 is 1.14 bits per heavy atom. The highest BCUT2D eigenvalue weighted by Gasteiger charge is 2.20. The van der Waals surface area contributed by atoms with Gasteiger partial charge in [-0.3, -0.25) is 9.78 Å². The van der Waals surface area contributed by atoms with E-state index in [2.05, 4.69) is 9.97 Å². The number of nitrogens with zero attached hydrogens (tertiary/aromatic N) is 3. The molecular formula is C17H15N3O2. The average molecular weight is 293 g/mol. The van der Waals surface area contributed by atoms with E-state index in [9.17, 15) is 9.90 Å². The maximum Gasteiger partial charge on any atom is 0.276 e. The van der Waals surface area contributed by atoms with Crippen LogP contribution in [-0.2, 0) is 6.54 Å². The van der Waals surface area contributed by atoms with Crippen molar-refractivity contribution in [2.24, 2.45) is 0 Å². The van der Waals surface area contributed by atoms with Crippen LogP contribution < -0.4 is 0 Å². The van der Waals surface area contributed by atoms with Gasteiger partial charge >= 0.3 is 0 Å². The minimum Gasteiger partial charge on any atom is -0.504 e. The Morgan fingerprint density at radius 3 is 2.68 bits per heavy atom. The van der Waals surface area contributed by atoms with Crippen LogP contribution >= 0.6 is 0 Å². The highest BCUT2D eigenvalue weighted by Crippen LogP contribution is 2.25. The van der Waals surface area contributed by atoms with Crippen LogP contribution in [0.5, 0.6) is 5.75 Å². The number of aromatic nitrogens is 2. The van der Waals surface area contributed by atoms with Gasteiger partial charge in [-0.05, 0) is 17.7 Å². The third kappa shape index (κ3) is 2.61. The van der Waals surface area contributed by atoms with Crippen molar-refractivity contribution >= 4 is 16.8 Å². The van der Waals surface area contributed by atoms with Gasteiger partial charge in [-0.25, -0.2) is 4.98 Å². The zero-order valence-electron chi connectivity index (χ0n) is 12.1. The number of carbonyl (C=O) groups is 1. The molecule has 5 heteroatoms. The Balaban J connectivity index is 1.90. The van der Waals surface area contributed by atoms with E-state index in [-0.39, 0.29) is 17.4 Å². The van der Waals surface area contributed by atoms with Gasteiger partial charge in [0.1, 0.15) is 5.52 Å². The Morgan fingerprint density at radius 2 is 1.91 bits per heavy atom. The Bertz CT molecular complexity index is 819. The topological polar surface area (TPSA) is 66.3 Å². The first-order valence-corrected chi connectivity index (χ1v) is 6.89. The number of hydrogen-bond acceptors (Lipinski definition) is 4. The van der Waals surface area contributed by atoms with E-state index >= 15 is 0 Å². The van der Waals surface area contributed by atoms with E-state index in [0.29, 0.717) is 17.4 Å². The quantitative estimate of drug-likeness (QED) is 0.806. The van der Waals surface area contributed by atoms with Gasteiger partial charge in [0.15, 0.2) is 11.4 Å². The molecule has 110 valence electrons. The first-order chi connectivity index (χ1) is 10.7. The van der Waals surface area contributed by atoms with Crippen molar-refractivity contribution in [1.29, 1.82) is 0 Å². The van der Waals surface area contributed by atoms with Crippen molar-refractivity contribution < 1.29 is 9.90 Å². The molecule has 22 heavy (non-hydrogen) atoms. The van der Waals surface area contributed by atoms with Crippen LogP contribution in [0.2, 0.25) is 0 Å². The summed E-state index contributed by atoms with van der Waals surface area (Å²) in [7, 11) is 1.68. The fourth-order valence-corrected chi connectivity index (χ4v) is 2.29. The molecule has 0 saturated heterocycles. The molecule has 0 bridgehead atoms. The van der Waals surface area contributed by atoms with Crippen LogP contribution in [0.4, 0.5) is 0 Å². The van der Waals surface area contributed by atoms with Crippen molar-refractivity contribution in [2.45, 2.75) is 6.54 Å². The van der Waals surface area contributed by atoms with Crippen LogP contribution in [0.15, 0.2) is 54.9 Å². The number of aromatic hydroxyl groups is 1. The highest BCUT2D eigenvalue weighted by atomic mass is 16.3. The molecule has 0 radical (unpaired) electrons. The molecule has 0 atom stereocenters. The summed E-state index contributed by atoms with van der Waals surface area (Å²) in [6.45, 7) is 0.445. The minimum atomic E-state index is -0.339. The van der Waals surface area contributed by atoms with Gasteiger partial charge in [0.25, 0.3) is 5.91 Å². The summed E-state index contributed by atoms with van der Waals surface area (Å²) < 4.78 is 0. The van der Waals surface area contributed by atoms with Gasteiger partial charge in [0.2, 0.25) is 0 Å². The molecule has 3 rings (SSSR count). The molecule has 0 saturated carbocycles. The summed E-state index contributed by atoms with van der Waals surface area (Å²) in [5, 5.41) is 11.0. The summed E-state index contributed by atoms with van der Waals surface area (Å²) in [5.41, 5.74) is 1.41. The predicted molar refractivity (Wildman–Crippen MR) is 83.4 cm³/mol. The molecule has 0 spiro atoms. The van der Waals surface area contributed by atoms with Gasteiger partial charge in [0, 0.05) is 31.4 Å². The SMILES string of the molecule is CN(Cc1ccccc1)C(=O)c1ncc2cccnc2c1O. The summed E-state index contributed by atoms with van der Waals surface area (Å²) in [6, 6.07) is 13.2. The van der Waals surface area contributed by atoms with Crippen molar-refractivity contribution in [3.63, 3.8) is 0 Å². The molecule has 0 aliphatic rings. The zero-order valence-corrected chi connectivity index (χ0v) is 12.1. The van der Waals surface area contributed by atoms with E-state index in [1.54, 1.807) is 31.6 Å². The van der Waals surface area contributed by atoms with E-state index < -0.39 is 0 Å². The second-order valence-electron chi connectivity index (χ2n) is 5.04. The molecule has 0 aliphatic carbocycles. The second-order valence-corrected chi connectivity index (χ2v) is 5.04. The molecule has 0 fully saturated rings. The maximum atomic E-state index is 12.5. The lowest BCUT2D eigenvalue weighted by atomic mass is 10.2. The molecule has 1 amide bonds. The second kappa shape index (κ2) is 5.81. The molecule has 2 aromatic heterocycles. The molecule has 0 aliphatic heterocycles. The van der Waals surface area contributed by atoms with Crippen molar-refractivity contribution in [3.05, 3.63) is 66.1 Å². The fourth-order valence-electron chi connectivity index (χ4n) is 2.29. The Hall–Kier alpha value is -2.95. The first kappa shape index (κ1) is 14.0. The normalized spacial score (nSPS) is 10.6. The van der Waals surface area contributed by atoms with Gasteiger partial charge < -0.3 is 10.0 Å². The Labute approximate surface area is 127 Å². The van der Waals surface area contributed by atoms with Gasteiger partial charge in [-0.2, -0.15) is 0 Å². The third-order valence-electron chi connectivity index (χ3n) is 3.43. The molecule has 1 N–H and O–H groups in total. The summed E-state index contributed by atoms with van der Waals surface area (Å²) >= 11 is 0. The summed E-state index contributed by atoms with van der Waals surface area (Å²) in [6.07, 6.45) is 3.12. The van der Waals surface area contributed by atoms with Gasteiger partial charge in [-0.1, -0.05) is 30.3 Å². The number of benzene rings is 1. The third-order valence-corrected chi connectivity index (χ3v) is 3.43. The number of pyridine rings is 2. The van der Waals surface area contributed by atoms with Crippen LogP contribution in [0.3, 0.4) is 0 Å².